The van der Waals surface area contributed by atoms with Crippen LogP contribution in [-0.2, 0) is 40.2 Å². The number of halogens is 2. The zero-order chi connectivity index (χ0) is 53.6. The van der Waals surface area contributed by atoms with Crippen molar-refractivity contribution in [2.45, 2.75) is 0 Å². The van der Waals surface area contributed by atoms with Crippen molar-refractivity contribution in [2.75, 3.05) is 50.5 Å². The fraction of sp³-hybridized carbons (Fsp3) is 0.140. The quantitative estimate of drug-likeness (QED) is 0.0602. The van der Waals surface area contributed by atoms with Crippen molar-refractivity contribution in [1.29, 1.82) is 0 Å². The summed E-state index contributed by atoms with van der Waals surface area (Å²) in [6.45, 7) is 9.53. The Morgan fingerprint density at radius 3 is 0.671 bits per heavy atom. The fourth-order valence-electron chi connectivity index (χ4n) is 7.69. The number of carbonyl (C=O) groups excluding carboxylic acids is 1. The average molecular weight is 1220 g/mol. The molecule has 0 amide bonds. The van der Waals surface area contributed by atoms with E-state index in [4.69, 9.17) is 50.1 Å². The third-order valence-electron chi connectivity index (χ3n) is 11.1. The molecule has 8 aromatic rings. The van der Waals surface area contributed by atoms with Crippen LogP contribution in [0.5, 0.6) is 0 Å². The first-order valence-corrected chi connectivity index (χ1v) is 38.5. The van der Waals surface area contributed by atoms with Gasteiger partial charge in [0, 0.05) is 24.8 Å². The Kier molecular flexibility index (Phi) is 29.5. The molecule has 0 unspecified atom stereocenters. The van der Waals surface area contributed by atoms with Crippen LogP contribution in [0.2, 0.25) is 0 Å². The molecule has 0 aliphatic carbocycles. The summed E-state index contributed by atoms with van der Waals surface area (Å²) in [5.74, 6) is 0. The van der Waals surface area contributed by atoms with Gasteiger partial charge in [-0.25, -0.2) is 16.8 Å². The van der Waals surface area contributed by atoms with E-state index in [1.165, 1.54) is 67.1 Å². The third kappa shape index (κ3) is 23.7. The molecule has 0 atom stereocenters. The van der Waals surface area contributed by atoms with Crippen molar-refractivity contribution in [1.82, 2.24) is 0 Å². The molecule has 8 rings (SSSR count). The van der Waals surface area contributed by atoms with Crippen LogP contribution < -0.4 is 42.4 Å². The maximum atomic E-state index is 9.08. The Bertz CT molecular complexity index is 2560. The minimum absolute atomic E-state index is 0.346. The Balaban J connectivity index is 0.000000303. The molecular formula is C57H60Cl2O7P4RuS2. The molecule has 0 heterocycles. The van der Waals surface area contributed by atoms with Crippen LogP contribution in [0.1, 0.15) is 0 Å². The predicted molar refractivity (Wildman–Crippen MR) is 316 cm³/mol. The van der Waals surface area contributed by atoms with Crippen molar-refractivity contribution >= 4 is 119 Å². The summed E-state index contributed by atoms with van der Waals surface area (Å²) >= 11 is -0.346. The zero-order valence-corrected chi connectivity index (χ0v) is 49.5. The number of rotatable bonds is 14. The molecule has 0 aliphatic rings. The van der Waals surface area contributed by atoms with Crippen LogP contribution in [0.25, 0.3) is 0 Å². The van der Waals surface area contributed by atoms with Gasteiger partial charge in [0.25, 0.3) is 6.79 Å². The van der Waals surface area contributed by atoms with Gasteiger partial charge in [-0.2, -0.15) is 0 Å². The summed E-state index contributed by atoms with van der Waals surface area (Å²) in [6.07, 6.45) is 6.06. The van der Waals surface area contributed by atoms with Crippen molar-refractivity contribution in [3.8, 4) is 0 Å². The van der Waals surface area contributed by atoms with Crippen LogP contribution in [0.15, 0.2) is 243 Å². The predicted octanol–water partition coefficient (Wildman–Crippen LogP) is 10.1. The molecule has 7 nitrogen and oxygen atoms in total. The van der Waals surface area contributed by atoms with E-state index in [0.717, 1.165) is 0 Å². The van der Waals surface area contributed by atoms with Gasteiger partial charge in [0.1, 0.15) is 0 Å². The van der Waals surface area contributed by atoms with Crippen LogP contribution in [0, 0.1) is 0 Å². The molecule has 73 heavy (non-hydrogen) atoms. The minimum atomic E-state index is -3.92. The van der Waals surface area contributed by atoms with Gasteiger partial charge in [0.15, 0.2) is 0 Å². The van der Waals surface area contributed by atoms with E-state index >= 15 is 0 Å². The molecule has 0 aromatic heterocycles. The third-order valence-corrected chi connectivity index (χ3v) is 24.8. The SMILES string of the molecule is CS(=O)(=O)[O-].CS(=O)(=O)[O-].C[P+](CCP(c1ccccc1)c1ccccc1)(c1ccccc1)c1ccccc1.C[P+](CCP(c1ccccc1)c1ccccc1)(c1ccccc1)c1ccccc1.[C]=O.[Cl][Ru][Cl]. The molecule has 0 saturated carbocycles. The summed E-state index contributed by atoms with van der Waals surface area (Å²) in [5.41, 5.74) is 0. The van der Waals surface area contributed by atoms with Gasteiger partial charge in [-0.1, -0.05) is 194 Å². The van der Waals surface area contributed by atoms with Gasteiger partial charge in [-0.15, -0.1) is 0 Å². The fourth-order valence-corrected chi connectivity index (χ4v) is 21.2. The topological polar surface area (TPSA) is 131 Å². The first-order chi connectivity index (χ1) is 35.0. The van der Waals surface area contributed by atoms with Crippen LogP contribution >= 0.6 is 49.8 Å². The molecule has 0 bridgehead atoms. The molecular weight excluding hydrogens is 1160 g/mol. The van der Waals surface area contributed by atoms with E-state index < -0.39 is 34.8 Å². The van der Waals surface area contributed by atoms with Gasteiger partial charge >= 0.3 is 34.5 Å². The van der Waals surface area contributed by atoms with Crippen LogP contribution in [0.3, 0.4) is 0 Å². The molecule has 8 aromatic carbocycles. The number of benzene rings is 8. The first-order valence-electron chi connectivity index (χ1n) is 22.5. The second-order valence-electron chi connectivity index (χ2n) is 16.3. The van der Waals surface area contributed by atoms with Gasteiger partial charge in [0.2, 0.25) is 0 Å². The molecule has 0 aliphatic heterocycles. The average Bonchev–Trinajstić information content (AvgIpc) is 3.41. The maximum absolute atomic E-state index is 9.08. The molecule has 0 saturated heterocycles. The summed E-state index contributed by atoms with van der Waals surface area (Å²) < 4.78 is 54.5. The number of hydrogen-bond acceptors (Lipinski definition) is 7. The van der Waals surface area contributed by atoms with Gasteiger partial charge in [-0.3, -0.25) is 4.79 Å². The molecule has 0 spiro atoms. The molecule has 16 heteroatoms. The second-order valence-corrected chi connectivity index (χ2v) is 34.1. The standard InChI is InChI=1S/2C27H27P2.2CH4O3S.CO.2ClH.Ru/c2*1-29(26-18-10-4-11-19-26,27-20-12-5-13-21-27)23-22-28(24-14-6-2-7-15-24)25-16-8-3-9-17-25;2*1-5(2,3)4;1-2;;;/h2*2-21H,22-23H2,1H3;2*1H3,(H,2,3,4);;2*1H;/q2*+1;;;;;;+2/p-4. The van der Waals surface area contributed by atoms with Gasteiger partial charge < -0.3 is 9.11 Å². The van der Waals surface area contributed by atoms with E-state index in [2.05, 4.69) is 263 Å². The molecule has 0 N–H and O–H groups in total. The van der Waals surface area contributed by atoms with E-state index in [1.54, 1.807) is 0 Å². The summed E-state index contributed by atoms with van der Waals surface area (Å²) in [5, 5.41) is 11.9. The van der Waals surface area contributed by atoms with Crippen molar-refractivity contribution in [3.05, 3.63) is 243 Å². The normalized spacial score (nSPS) is 11.1. The van der Waals surface area contributed by atoms with E-state index in [9.17, 15) is 0 Å². The number of hydrogen-bond donors (Lipinski definition) is 0. The molecule has 384 valence electrons. The second kappa shape index (κ2) is 34.0. The monoisotopic (exact) mass is 1220 g/mol. The summed E-state index contributed by atoms with van der Waals surface area (Å²) in [4.78, 5) is 7.50. The van der Waals surface area contributed by atoms with Crippen molar-refractivity contribution in [3.63, 3.8) is 0 Å². The van der Waals surface area contributed by atoms with Crippen molar-refractivity contribution in [2.24, 2.45) is 0 Å². The van der Waals surface area contributed by atoms with Crippen LogP contribution in [-0.4, -0.2) is 83.2 Å². The zero-order valence-electron chi connectivity index (χ0n) is 41.0. The van der Waals surface area contributed by atoms with Crippen LogP contribution in [0.4, 0.5) is 0 Å². The van der Waals surface area contributed by atoms with Gasteiger partial charge in [0.05, 0.1) is 81.6 Å². The Labute approximate surface area is 454 Å². The van der Waals surface area contributed by atoms with E-state index in [-0.39, 0.29) is 31.0 Å². The Hall–Kier alpha value is -3.83. The van der Waals surface area contributed by atoms with Crippen molar-refractivity contribution < 1.29 is 45.9 Å². The summed E-state index contributed by atoms with van der Waals surface area (Å²) in [7, 11) is -1.77. The molecule has 2 radical (unpaired) electrons. The molecule has 0 fully saturated rings. The van der Waals surface area contributed by atoms with E-state index in [0.29, 0.717) is 12.5 Å². The Morgan fingerprint density at radius 2 is 0.521 bits per heavy atom. The van der Waals surface area contributed by atoms with E-state index in [1.807, 2.05) is 0 Å². The Morgan fingerprint density at radius 1 is 0.384 bits per heavy atom. The summed E-state index contributed by atoms with van der Waals surface area (Å²) in [6, 6.07) is 89.0. The first kappa shape index (κ1) is 63.5. The van der Waals surface area contributed by atoms with Gasteiger partial charge in [-0.05, 0) is 85.6 Å².